The molecule has 1 atom stereocenters. The van der Waals surface area contributed by atoms with E-state index in [2.05, 4.69) is 15.9 Å². The Bertz CT molecular complexity index is 353. The lowest BCUT2D eigenvalue weighted by Gasteiger charge is -2.12. The van der Waals surface area contributed by atoms with Gasteiger partial charge in [0.1, 0.15) is 6.61 Å². The number of methoxy groups -OCH3 is 1. The largest absolute Gasteiger partial charge is 0.459 e. The Kier molecular flexibility index (Phi) is 5.45. The standard InChI is InChI=1S/C11H14BrNO3/c1-15-10(6-13)11(14)16-7-8-4-2-3-5-9(8)12/h2-5,10H,6-7,13H2,1H3. The predicted molar refractivity (Wildman–Crippen MR) is 63.8 cm³/mol. The van der Waals surface area contributed by atoms with Gasteiger partial charge in [-0.25, -0.2) is 4.79 Å². The minimum atomic E-state index is -0.692. The molecular formula is C11H14BrNO3. The van der Waals surface area contributed by atoms with Gasteiger partial charge in [-0.15, -0.1) is 0 Å². The van der Waals surface area contributed by atoms with Gasteiger partial charge in [0.2, 0.25) is 0 Å². The van der Waals surface area contributed by atoms with Crippen molar-refractivity contribution < 1.29 is 14.3 Å². The maximum atomic E-state index is 11.4. The molecule has 0 saturated heterocycles. The van der Waals surface area contributed by atoms with Gasteiger partial charge < -0.3 is 15.2 Å². The van der Waals surface area contributed by atoms with E-state index in [4.69, 9.17) is 15.2 Å². The van der Waals surface area contributed by atoms with Crippen molar-refractivity contribution in [3.63, 3.8) is 0 Å². The number of carbonyl (C=O) groups excluding carboxylic acids is 1. The van der Waals surface area contributed by atoms with Crippen LogP contribution in [-0.2, 0) is 20.9 Å². The monoisotopic (exact) mass is 287 g/mol. The summed E-state index contributed by atoms with van der Waals surface area (Å²) in [5.41, 5.74) is 6.25. The van der Waals surface area contributed by atoms with Crippen LogP contribution in [0.25, 0.3) is 0 Å². The van der Waals surface area contributed by atoms with Gasteiger partial charge in [-0.3, -0.25) is 0 Å². The Hall–Kier alpha value is -0.910. The van der Waals surface area contributed by atoms with Gasteiger partial charge in [-0.2, -0.15) is 0 Å². The molecule has 0 radical (unpaired) electrons. The van der Waals surface area contributed by atoms with Crippen LogP contribution in [0.1, 0.15) is 5.56 Å². The quantitative estimate of drug-likeness (QED) is 0.833. The van der Waals surface area contributed by atoms with Crippen LogP contribution in [0.3, 0.4) is 0 Å². The topological polar surface area (TPSA) is 61.5 Å². The Morgan fingerprint density at radius 1 is 1.50 bits per heavy atom. The van der Waals surface area contributed by atoms with Crippen LogP contribution < -0.4 is 5.73 Å². The van der Waals surface area contributed by atoms with Crippen molar-refractivity contribution >= 4 is 21.9 Å². The van der Waals surface area contributed by atoms with Crippen molar-refractivity contribution in [2.45, 2.75) is 12.7 Å². The fraction of sp³-hybridized carbons (Fsp3) is 0.364. The van der Waals surface area contributed by atoms with E-state index in [9.17, 15) is 4.79 Å². The van der Waals surface area contributed by atoms with Crippen LogP contribution in [0.2, 0.25) is 0 Å². The molecule has 1 rings (SSSR count). The van der Waals surface area contributed by atoms with E-state index in [-0.39, 0.29) is 13.2 Å². The first kappa shape index (κ1) is 13.2. The summed E-state index contributed by atoms with van der Waals surface area (Å²) >= 11 is 3.37. The number of esters is 1. The molecule has 0 aliphatic heterocycles. The van der Waals surface area contributed by atoms with Gasteiger partial charge in [-0.1, -0.05) is 34.1 Å². The van der Waals surface area contributed by atoms with E-state index >= 15 is 0 Å². The van der Waals surface area contributed by atoms with Gasteiger partial charge in [0.25, 0.3) is 0 Å². The number of rotatable bonds is 5. The number of benzene rings is 1. The molecule has 0 aliphatic carbocycles. The molecule has 0 heterocycles. The minimum absolute atomic E-state index is 0.116. The zero-order chi connectivity index (χ0) is 12.0. The Morgan fingerprint density at radius 3 is 2.75 bits per heavy atom. The highest BCUT2D eigenvalue weighted by Gasteiger charge is 2.17. The van der Waals surface area contributed by atoms with Crippen molar-refractivity contribution in [3.8, 4) is 0 Å². The summed E-state index contributed by atoms with van der Waals surface area (Å²) in [6.45, 7) is 0.325. The molecule has 1 aromatic rings. The second-order valence-electron chi connectivity index (χ2n) is 3.16. The summed E-state index contributed by atoms with van der Waals surface area (Å²) in [5.74, 6) is -0.444. The minimum Gasteiger partial charge on any atom is -0.459 e. The van der Waals surface area contributed by atoms with E-state index in [1.54, 1.807) is 0 Å². The van der Waals surface area contributed by atoms with Crippen LogP contribution >= 0.6 is 15.9 Å². The molecule has 5 heteroatoms. The molecule has 0 aliphatic rings. The number of halogens is 1. The molecule has 0 bridgehead atoms. The summed E-state index contributed by atoms with van der Waals surface area (Å²) in [4.78, 5) is 11.4. The highest BCUT2D eigenvalue weighted by Crippen LogP contribution is 2.16. The smallest absolute Gasteiger partial charge is 0.336 e. The highest BCUT2D eigenvalue weighted by atomic mass is 79.9. The maximum Gasteiger partial charge on any atom is 0.336 e. The Morgan fingerprint density at radius 2 is 2.19 bits per heavy atom. The lowest BCUT2D eigenvalue weighted by Crippen LogP contribution is -2.32. The number of ether oxygens (including phenoxy) is 2. The lowest BCUT2D eigenvalue weighted by molar-refractivity contribution is -0.156. The molecule has 1 aromatic carbocycles. The molecule has 0 aromatic heterocycles. The SMILES string of the molecule is COC(CN)C(=O)OCc1ccccc1Br. The highest BCUT2D eigenvalue weighted by molar-refractivity contribution is 9.10. The van der Waals surface area contributed by atoms with Crippen molar-refractivity contribution in [1.82, 2.24) is 0 Å². The third-order valence-corrected chi connectivity index (χ3v) is 2.86. The van der Waals surface area contributed by atoms with E-state index in [0.717, 1.165) is 10.0 Å². The fourth-order valence-electron chi connectivity index (χ4n) is 1.15. The second kappa shape index (κ2) is 6.62. The summed E-state index contributed by atoms with van der Waals surface area (Å²) in [6.07, 6.45) is -0.692. The van der Waals surface area contributed by atoms with E-state index < -0.39 is 12.1 Å². The molecule has 16 heavy (non-hydrogen) atoms. The summed E-state index contributed by atoms with van der Waals surface area (Å²) in [5, 5.41) is 0. The first-order chi connectivity index (χ1) is 7.69. The van der Waals surface area contributed by atoms with Crippen molar-refractivity contribution in [1.29, 1.82) is 0 Å². The number of carbonyl (C=O) groups is 1. The van der Waals surface area contributed by atoms with Gasteiger partial charge in [-0.05, 0) is 6.07 Å². The molecule has 1 unspecified atom stereocenters. The van der Waals surface area contributed by atoms with E-state index in [0.29, 0.717) is 0 Å². The molecule has 2 N–H and O–H groups in total. The fourth-order valence-corrected chi connectivity index (χ4v) is 1.55. The molecular weight excluding hydrogens is 274 g/mol. The first-order valence-electron chi connectivity index (χ1n) is 4.82. The molecule has 88 valence electrons. The number of hydrogen-bond acceptors (Lipinski definition) is 4. The van der Waals surface area contributed by atoms with E-state index in [1.807, 2.05) is 24.3 Å². The normalized spacial score (nSPS) is 12.2. The third-order valence-electron chi connectivity index (χ3n) is 2.09. The number of hydrogen-bond donors (Lipinski definition) is 1. The van der Waals surface area contributed by atoms with E-state index in [1.165, 1.54) is 7.11 Å². The zero-order valence-electron chi connectivity index (χ0n) is 8.98. The average Bonchev–Trinajstić information content (AvgIpc) is 2.29. The van der Waals surface area contributed by atoms with Crippen LogP contribution in [0.5, 0.6) is 0 Å². The molecule has 0 spiro atoms. The van der Waals surface area contributed by atoms with Crippen LogP contribution in [0.4, 0.5) is 0 Å². The van der Waals surface area contributed by atoms with Gasteiger partial charge >= 0.3 is 5.97 Å². The van der Waals surface area contributed by atoms with Crippen molar-refractivity contribution in [2.75, 3.05) is 13.7 Å². The van der Waals surface area contributed by atoms with Gasteiger partial charge in [0, 0.05) is 23.7 Å². The van der Waals surface area contributed by atoms with Crippen molar-refractivity contribution in [2.24, 2.45) is 5.73 Å². The van der Waals surface area contributed by atoms with Crippen LogP contribution in [0.15, 0.2) is 28.7 Å². The van der Waals surface area contributed by atoms with Crippen LogP contribution in [0, 0.1) is 0 Å². The van der Waals surface area contributed by atoms with Gasteiger partial charge in [0.15, 0.2) is 6.10 Å². The summed E-state index contributed by atoms with van der Waals surface area (Å²) in [6, 6.07) is 7.54. The summed E-state index contributed by atoms with van der Waals surface area (Å²) in [7, 11) is 1.43. The maximum absolute atomic E-state index is 11.4. The molecule has 0 saturated carbocycles. The predicted octanol–water partition coefficient (Wildman–Crippen LogP) is 1.47. The molecule has 0 amide bonds. The third kappa shape index (κ3) is 3.59. The summed E-state index contributed by atoms with van der Waals surface area (Å²) < 4.78 is 10.9. The zero-order valence-corrected chi connectivity index (χ0v) is 10.6. The molecule has 0 fully saturated rings. The second-order valence-corrected chi connectivity index (χ2v) is 4.01. The average molecular weight is 288 g/mol. The lowest BCUT2D eigenvalue weighted by atomic mass is 10.2. The van der Waals surface area contributed by atoms with Crippen LogP contribution in [-0.4, -0.2) is 25.7 Å². The Balaban J connectivity index is 2.52. The van der Waals surface area contributed by atoms with Crippen molar-refractivity contribution in [3.05, 3.63) is 34.3 Å². The first-order valence-corrected chi connectivity index (χ1v) is 5.61. The Labute approximate surface area is 103 Å². The van der Waals surface area contributed by atoms with Gasteiger partial charge in [0.05, 0.1) is 0 Å². The number of nitrogens with two attached hydrogens (primary N) is 1. The molecule has 4 nitrogen and oxygen atoms in total.